The molecule has 0 spiro atoms. The Morgan fingerprint density at radius 3 is 2.19 bits per heavy atom. The fourth-order valence-corrected chi connectivity index (χ4v) is 4.00. The van der Waals surface area contributed by atoms with Gasteiger partial charge >= 0.3 is 0 Å². The molecule has 142 valence electrons. The SMILES string of the molecule is CC(C(=O)N1CCCCCC1)N1CCC(NC(=O)c2ccccc2)CC1. The maximum Gasteiger partial charge on any atom is 0.251 e. The largest absolute Gasteiger partial charge is 0.349 e. The molecule has 2 fully saturated rings. The Bertz CT molecular complexity index is 589. The molecule has 0 bridgehead atoms. The van der Waals surface area contributed by atoms with Gasteiger partial charge in [-0.3, -0.25) is 14.5 Å². The lowest BCUT2D eigenvalue weighted by molar-refractivity contribution is -0.136. The van der Waals surface area contributed by atoms with Crippen LogP contribution >= 0.6 is 0 Å². The Morgan fingerprint density at radius 1 is 0.962 bits per heavy atom. The maximum absolute atomic E-state index is 12.8. The van der Waals surface area contributed by atoms with Gasteiger partial charge in [0.15, 0.2) is 0 Å². The monoisotopic (exact) mass is 357 g/mol. The summed E-state index contributed by atoms with van der Waals surface area (Å²) in [7, 11) is 0. The first kappa shape index (κ1) is 18.9. The second-order valence-corrected chi connectivity index (χ2v) is 7.57. The fourth-order valence-electron chi connectivity index (χ4n) is 4.00. The van der Waals surface area contributed by atoms with Gasteiger partial charge in [0.1, 0.15) is 0 Å². The van der Waals surface area contributed by atoms with Gasteiger partial charge in [-0.1, -0.05) is 31.0 Å². The first-order valence-electron chi connectivity index (χ1n) is 10.0. The van der Waals surface area contributed by atoms with Crippen molar-refractivity contribution in [1.29, 1.82) is 0 Å². The van der Waals surface area contributed by atoms with Gasteiger partial charge < -0.3 is 10.2 Å². The van der Waals surface area contributed by atoms with Crippen LogP contribution in [0.4, 0.5) is 0 Å². The number of carbonyl (C=O) groups is 2. The Balaban J connectivity index is 1.46. The zero-order chi connectivity index (χ0) is 18.4. The van der Waals surface area contributed by atoms with E-state index in [9.17, 15) is 9.59 Å². The van der Waals surface area contributed by atoms with E-state index in [0.29, 0.717) is 5.56 Å². The number of rotatable bonds is 4. The average Bonchev–Trinajstić information content (AvgIpc) is 2.97. The Morgan fingerprint density at radius 2 is 1.58 bits per heavy atom. The summed E-state index contributed by atoms with van der Waals surface area (Å²) >= 11 is 0. The van der Waals surface area contributed by atoms with Gasteiger partial charge in [-0.2, -0.15) is 0 Å². The second kappa shape index (κ2) is 9.17. The summed E-state index contributed by atoms with van der Waals surface area (Å²) < 4.78 is 0. The van der Waals surface area contributed by atoms with Crippen LogP contribution in [0.15, 0.2) is 30.3 Å². The predicted molar refractivity (Wildman–Crippen MR) is 103 cm³/mol. The molecule has 26 heavy (non-hydrogen) atoms. The van der Waals surface area contributed by atoms with E-state index in [1.165, 1.54) is 12.8 Å². The molecule has 1 unspecified atom stereocenters. The summed E-state index contributed by atoms with van der Waals surface area (Å²) in [5.41, 5.74) is 0.708. The minimum Gasteiger partial charge on any atom is -0.349 e. The molecule has 1 aromatic rings. The number of hydrogen-bond donors (Lipinski definition) is 1. The number of hydrogen-bond acceptors (Lipinski definition) is 3. The normalized spacial score (nSPS) is 21.0. The van der Waals surface area contributed by atoms with Gasteiger partial charge in [-0.25, -0.2) is 0 Å². The average molecular weight is 357 g/mol. The molecular weight excluding hydrogens is 326 g/mol. The van der Waals surface area contributed by atoms with Crippen LogP contribution in [0.25, 0.3) is 0 Å². The van der Waals surface area contributed by atoms with Crippen molar-refractivity contribution in [3.05, 3.63) is 35.9 Å². The van der Waals surface area contributed by atoms with Crippen molar-refractivity contribution in [2.75, 3.05) is 26.2 Å². The lowest BCUT2D eigenvalue weighted by Gasteiger charge is -2.37. The molecule has 1 atom stereocenters. The van der Waals surface area contributed by atoms with Crippen LogP contribution in [0.1, 0.15) is 55.8 Å². The van der Waals surface area contributed by atoms with Crippen molar-refractivity contribution in [1.82, 2.24) is 15.1 Å². The maximum atomic E-state index is 12.8. The molecule has 5 heteroatoms. The van der Waals surface area contributed by atoms with Gasteiger partial charge in [0.2, 0.25) is 5.91 Å². The quantitative estimate of drug-likeness (QED) is 0.901. The van der Waals surface area contributed by atoms with Gasteiger partial charge in [-0.05, 0) is 44.7 Å². The third-order valence-electron chi connectivity index (χ3n) is 5.72. The van der Waals surface area contributed by atoms with Crippen molar-refractivity contribution in [2.45, 2.75) is 57.5 Å². The first-order chi connectivity index (χ1) is 12.6. The predicted octanol–water partition coefficient (Wildman–Crippen LogP) is 2.67. The smallest absolute Gasteiger partial charge is 0.251 e. The number of likely N-dealkylation sites (tertiary alicyclic amines) is 2. The van der Waals surface area contributed by atoms with Gasteiger partial charge in [0, 0.05) is 37.8 Å². The summed E-state index contributed by atoms with van der Waals surface area (Å²) in [5, 5.41) is 3.13. The van der Waals surface area contributed by atoms with E-state index < -0.39 is 0 Å². The van der Waals surface area contributed by atoms with Crippen molar-refractivity contribution >= 4 is 11.8 Å². The second-order valence-electron chi connectivity index (χ2n) is 7.57. The van der Waals surface area contributed by atoms with Crippen LogP contribution in [0.5, 0.6) is 0 Å². The van der Waals surface area contributed by atoms with E-state index in [-0.39, 0.29) is 23.9 Å². The van der Waals surface area contributed by atoms with Crippen molar-refractivity contribution < 1.29 is 9.59 Å². The molecule has 0 saturated carbocycles. The summed E-state index contributed by atoms with van der Waals surface area (Å²) in [6.07, 6.45) is 6.54. The van der Waals surface area contributed by atoms with E-state index >= 15 is 0 Å². The highest BCUT2D eigenvalue weighted by atomic mass is 16.2. The lowest BCUT2D eigenvalue weighted by Crippen LogP contribution is -2.52. The van der Waals surface area contributed by atoms with Crippen molar-refractivity contribution in [3.63, 3.8) is 0 Å². The Hall–Kier alpha value is -1.88. The molecule has 0 aliphatic carbocycles. The van der Waals surface area contributed by atoms with E-state index in [0.717, 1.165) is 51.9 Å². The topological polar surface area (TPSA) is 52.7 Å². The lowest BCUT2D eigenvalue weighted by atomic mass is 10.0. The molecule has 2 aliphatic heterocycles. The molecule has 0 radical (unpaired) electrons. The van der Waals surface area contributed by atoms with Gasteiger partial charge in [0.25, 0.3) is 5.91 Å². The minimum absolute atomic E-state index is 0.00209. The molecule has 2 heterocycles. The van der Waals surface area contributed by atoms with Crippen LogP contribution in [-0.2, 0) is 4.79 Å². The summed E-state index contributed by atoms with van der Waals surface area (Å²) in [6.45, 7) is 5.58. The van der Waals surface area contributed by atoms with E-state index in [1.54, 1.807) is 0 Å². The van der Waals surface area contributed by atoms with Gasteiger partial charge in [-0.15, -0.1) is 0 Å². The third kappa shape index (κ3) is 4.85. The third-order valence-corrected chi connectivity index (χ3v) is 5.72. The molecule has 3 rings (SSSR count). The molecule has 0 aromatic heterocycles. The molecule has 2 amide bonds. The van der Waals surface area contributed by atoms with Crippen LogP contribution in [0.2, 0.25) is 0 Å². The fraction of sp³-hybridized carbons (Fsp3) is 0.619. The standard InChI is InChI=1S/C21H31N3O2/c1-17(21(26)24-13-7-2-3-8-14-24)23-15-11-19(12-16-23)22-20(25)18-9-5-4-6-10-18/h4-6,9-10,17,19H,2-3,7-8,11-16H2,1H3,(H,22,25). The molecule has 2 saturated heterocycles. The molecular formula is C21H31N3O2. The number of nitrogens with one attached hydrogen (secondary N) is 1. The number of amides is 2. The summed E-state index contributed by atoms with van der Waals surface area (Å²) in [6, 6.07) is 9.50. The van der Waals surface area contributed by atoms with Crippen LogP contribution in [-0.4, -0.2) is 59.9 Å². The van der Waals surface area contributed by atoms with Crippen LogP contribution < -0.4 is 5.32 Å². The minimum atomic E-state index is -0.0566. The Kier molecular flexibility index (Phi) is 6.67. The van der Waals surface area contributed by atoms with Crippen LogP contribution in [0.3, 0.4) is 0 Å². The van der Waals surface area contributed by atoms with E-state index in [1.807, 2.05) is 37.3 Å². The zero-order valence-electron chi connectivity index (χ0n) is 15.8. The highest BCUT2D eigenvalue weighted by molar-refractivity contribution is 5.94. The summed E-state index contributed by atoms with van der Waals surface area (Å²) in [4.78, 5) is 29.4. The highest BCUT2D eigenvalue weighted by Gasteiger charge is 2.30. The number of piperidine rings is 1. The van der Waals surface area contributed by atoms with Crippen molar-refractivity contribution in [3.8, 4) is 0 Å². The molecule has 1 aromatic carbocycles. The van der Waals surface area contributed by atoms with Crippen molar-refractivity contribution in [2.24, 2.45) is 0 Å². The van der Waals surface area contributed by atoms with Crippen LogP contribution in [0, 0.1) is 0 Å². The Labute approximate surface area is 156 Å². The zero-order valence-corrected chi connectivity index (χ0v) is 15.8. The number of nitrogens with zero attached hydrogens (tertiary/aromatic N) is 2. The number of carbonyl (C=O) groups excluding carboxylic acids is 2. The van der Waals surface area contributed by atoms with E-state index in [2.05, 4.69) is 15.1 Å². The van der Waals surface area contributed by atoms with E-state index in [4.69, 9.17) is 0 Å². The molecule has 1 N–H and O–H groups in total. The summed E-state index contributed by atoms with van der Waals surface area (Å²) in [5.74, 6) is 0.274. The molecule has 2 aliphatic rings. The highest BCUT2D eigenvalue weighted by Crippen LogP contribution is 2.17. The van der Waals surface area contributed by atoms with Gasteiger partial charge in [0.05, 0.1) is 6.04 Å². The molecule has 5 nitrogen and oxygen atoms in total. The number of benzene rings is 1. The first-order valence-corrected chi connectivity index (χ1v) is 10.0.